The molecule has 0 amide bonds. The Balaban J connectivity index is 2.26. The quantitative estimate of drug-likeness (QED) is 0.791. The van der Waals surface area contributed by atoms with E-state index in [1.807, 2.05) is 13.0 Å². The van der Waals surface area contributed by atoms with Gasteiger partial charge in [0.25, 0.3) is 0 Å². The van der Waals surface area contributed by atoms with Crippen molar-refractivity contribution in [1.82, 2.24) is 0 Å². The van der Waals surface area contributed by atoms with Gasteiger partial charge in [-0.1, -0.05) is 25.0 Å². The van der Waals surface area contributed by atoms with E-state index in [0.29, 0.717) is 23.3 Å². The summed E-state index contributed by atoms with van der Waals surface area (Å²) in [5.74, 6) is -0.306. The van der Waals surface area contributed by atoms with E-state index in [1.54, 1.807) is 0 Å². The Kier molecular flexibility index (Phi) is 4.10. The number of hydrogen-bond donors (Lipinski definition) is 2. The second-order valence-corrected chi connectivity index (χ2v) is 7.62. The topological polar surface area (TPSA) is 66.8 Å². The number of hydrogen-bond acceptors (Lipinski definition) is 3. The maximum absolute atomic E-state index is 11.7. The Labute approximate surface area is 143 Å². The molecule has 0 aromatic heterocycles. The number of carbonyl (C=O) groups is 1. The number of phenols is 1. The van der Waals surface area contributed by atoms with Crippen LogP contribution < -0.4 is 4.74 Å². The summed E-state index contributed by atoms with van der Waals surface area (Å²) >= 11 is 0. The fourth-order valence-corrected chi connectivity index (χ4v) is 4.32. The average molecular weight is 330 g/mol. The number of carboxylic acid groups (broad SMARTS) is 1. The first-order valence-electron chi connectivity index (χ1n) is 8.74. The number of carboxylic acids is 1. The molecule has 1 aliphatic carbocycles. The van der Waals surface area contributed by atoms with Crippen molar-refractivity contribution in [2.24, 2.45) is 5.92 Å². The summed E-state index contributed by atoms with van der Waals surface area (Å²) in [7, 11) is 0. The number of aromatic hydroxyl groups is 1. The number of rotatable bonds is 3. The number of ether oxygens (including phenoxy) is 1. The highest BCUT2D eigenvalue weighted by atomic mass is 16.5. The van der Waals surface area contributed by atoms with Crippen molar-refractivity contribution in [2.45, 2.75) is 64.9 Å². The Bertz CT molecular complexity index is 715. The van der Waals surface area contributed by atoms with E-state index >= 15 is 0 Å². The summed E-state index contributed by atoms with van der Waals surface area (Å²) in [5, 5.41) is 20.4. The molecule has 1 aromatic rings. The normalized spacial score (nSPS) is 24.4. The summed E-state index contributed by atoms with van der Waals surface area (Å²) in [6.07, 6.45) is 5.60. The molecule has 1 aromatic carbocycles. The third-order valence-corrected chi connectivity index (χ3v) is 5.46. The summed E-state index contributed by atoms with van der Waals surface area (Å²) in [6, 6.07) is 1.83. The SMILES string of the molecule is CCCc1cc2c(c(O)c1C(=O)O)C1C=C(C)CCC1C(C)(C)O2. The maximum Gasteiger partial charge on any atom is 0.339 e. The molecule has 2 aliphatic rings. The van der Waals surface area contributed by atoms with Crippen LogP contribution in [0.15, 0.2) is 17.7 Å². The molecule has 1 aliphatic heterocycles. The zero-order chi connectivity index (χ0) is 17.6. The molecule has 130 valence electrons. The van der Waals surface area contributed by atoms with E-state index in [9.17, 15) is 15.0 Å². The minimum atomic E-state index is -1.07. The van der Waals surface area contributed by atoms with Gasteiger partial charge in [0.2, 0.25) is 0 Å². The van der Waals surface area contributed by atoms with Crippen LogP contribution in [-0.4, -0.2) is 21.8 Å². The summed E-state index contributed by atoms with van der Waals surface area (Å²) in [4.78, 5) is 11.7. The predicted octanol–water partition coefficient (Wildman–Crippen LogP) is 4.65. The van der Waals surface area contributed by atoms with Crippen LogP contribution in [0, 0.1) is 5.92 Å². The summed E-state index contributed by atoms with van der Waals surface area (Å²) < 4.78 is 6.24. The monoisotopic (exact) mass is 330 g/mol. The molecule has 1 heterocycles. The van der Waals surface area contributed by atoms with Crippen LogP contribution in [-0.2, 0) is 6.42 Å². The fourth-order valence-electron chi connectivity index (χ4n) is 4.32. The molecule has 0 bridgehead atoms. The van der Waals surface area contributed by atoms with Crippen LogP contribution >= 0.6 is 0 Å². The fraction of sp³-hybridized carbons (Fsp3) is 0.550. The van der Waals surface area contributed by atoms with Crippen molar-refractivity contribution >= 4 is 5.97 Å². The molecule has 2 unspecified atom stereocenters. The molecule has 0 saturated heterocycles. The standard InChI is InChI=1S/C20H26O4/c1-5-6-12-10-15-17(18(21)16(12)19(22)23)13-9-11(2)7-8-14(13)20(3,4)24-15/h9-10,13-14,21H,5-8H2,1-4H3,(H,22,23). The van der Waals surface area contributed by atoms with Crippen molar-refractivity contribution in [2.75, 3.05) is 0 Å². The van der Waals surface area contributed by atoms with Crippen LogP contribution in [0.2, 0.25) is 0 Å². The molecular formula is C20H26O4. The first-order chi connectivity index (χ1) is 11.3. The lowest BCUT2D eigenvalue weighted by atomic mass is 9.67. The largest absolute Gasteiger partial charge is 0.507 e. The van der Waals surface area contributed by atoms with E-state index < -0.39 is 5.97 Å². The summed E-state index contributed by atoms with van der Waals surface area (Å²) in [6.45, 7) is 8.27. The van der Waals surface area contributed by atoms with Crippen molar-refractivity contribution in [3.05, 3.63) is 34.4 Å². The lowest BCUT2D eigenvalue weighted by Gasteiger charge is -2.46. The van der Waals surface area contributed by atoms with Gasteiger partial charge in [-0.15, -0.1) is 0 Å². The van der Waals surface area contributed by atoms with Crippen LogP contribution in [0.1, 0.15) is 74.4 Å². The van der Waals surface area contributed by atoms with Gasteiger partial charge in [-0.3, -0.25) is 0 Å². The number of benzene rings is 1. The molecule has 2 N–H and O–H groups in total. The lowest BCUT2D eigenvalue weighted by Crippen LogP contribution is -2.45. The molecule has 4 nitrogen and oxygen atoms in total. The van der Waals surface area contributed by atoms with Crippen LogP contribution in [0.5, 0.6) is 11.5 Å². The van der Waals surface area contributed by atoms with Crippen molar-refractivity contribution in [1.29, 1.82) is 0 Å². The minimum Gasteiger partial charge on any atom is -0.507 e. The van der Waals surface area contributed by atoms with E-state index in [-0.39, 0.29) is 28.7 Å². The second kappa shape index (κ2) is 5.83. The Morgan fingerprint density at radius 1 is 1.42 bits per heavy atom. The summed E-state index contributed by atoms with van der Waals surface area (Å²) in [5.41, 5.74) is 2.28. The van der Waals surface area contributed by atoms with E-state index in [2.05, 4.69) is 26.8 Å². The van der Waals surface area contributed by atoms with Gasteiger partial charge < -0.3 is 14.9 Å². The molecule has 3 rings (SSSR count). The smallest absolute Gasteiger partial charge is 0.339 e. The number of aromatic carboxylic acids is 1. The van der Waals surface area contributed by atoms with E-state index in [1.165, 1.54) is 5.57 Å². The van der Waals surface area contributed by atoms with Crippen molar-refractivity contribution in [3.63, 3.8) is 0 Å². The van der Waals surface area contributed by atoms with Gasteiger partial charge in [0.05, 0.1) is 0 Å². The highest BCUT2D eigenvalue weighted by molar-refractivity contribution is 5.94. The van der Waals surface area contributed by atoms with Gasteiger partial charge >= 0.3 is 5.97 Å². The first kappa shape index (κ1) is 16.9. The van der Waals surface area contributed by atoms with Crippen LogP contribution in [0.3, 0.4) is 0 Å². The first-order valence-corrected chi connectivity index (χ1v) is 8.74. The Morgan fingerprint density at radius 3 is 2.75 bits per heavy atom. The van der Waals surface area contributed by atoms with E-state index in [4.69, 9.17) is 4.74 Å². The molecule has 0 radical (unpaired) electrons. The van der Waals surface area contributed by atoms with Crippen LogP contribution in [0.25, 0.3) is 0 Å². The Morgan fingerprint density at radius 2 is 2.12 bits per heavy atom. The average Bonchev–Trinajstić information content (AvgIpc) is 2.45. The highest BCUT2D eigenvalue weighted by Gasteiger charge is 2.46. The molecule has 24 heavy (non-hydrogen) atoms. The third kappa shape index (κ3) is 2.58. The number of fused-ring (bicyclic) bond motifs is 3. The van der Waals surface area contributed by atoms with Gasteiger partial charge in [-0.25, -0.2) is 4.79 Å². The molecule has 0 fully saturated rings. The maximum atomic E-state index is 11.7. The van der Waals surface area contributed by atoms with Crippen LogP contribution in [0.4, 0.5) is 0 Å². The zero-order valence-corrected chi connectivity index (χ0v) is 14.8. The van der Waals surface area contributed by atoms with Gasteiger partial charge in [-0.2, -0.15) is 0 Å². The highest BCUT2D eigenvalue weighted by Crippen LogP contribution is 2.54. The second-order valence-electron chi connectivity index (χ2n) is 7.62. The molecule has 2 atom stereocenters. The molecule has 0 saturated carbocycles. The van der Waals surface area contributed by atoms with Gasteiger partial charge in [0.1, 0.15) is 22.7 Å². The Hall–Kier alpha value is -1.97. The van der Waals surface area contributed by atoms with Crippen molar-refractivity contribution in [3.8, 4) is 11.5 Å². The minimum absolute atomic E-state index is 0.00581. The number of aryl methyl sites for hydroxylation is 1. The van der Waals surface area contributed by atoms with Gasteiger partial charge in [-0.05, 0) is 51.7 Å². The molecule has 4 heteroatoms. The number of allylic oxidation sites excluding steroid dienone is 2. The lowest BCUT2D eigenvalue weighted by molar-refractivity contribution is 0.0106. The zero-order valence-electron chi connectivity index (χ0n) is 14.8. The molecule has 0 spiro atoms. The molecular weight excluding hydrogens is 304 g/mol. The van der Waals surface area contributed by atoms with E-state index in [0.717, 1.165) is 19.3 Å². The van der Waals surface area contributed by atoms with Gasteiger partial charge in [0, 0.05) is 17.4 Å². The van der Waals surface area contributed by atoms with Crippen molar-refractivity contribution < 1.29 is 19.7 Å². The van der Waals surface area contributed by atoms with Gasteiger partial charge in [0.15, 0.2) is 0 Å². The third-order valence-electron chi connectivity index (χ3n) is 5.46. The predicted molar refractivity (Wildman–Crippen MR) is 93.0 cm³/mol.